The zero-order chi connectivity index (χ0) is 20.2. The Bertz CT molecular complexity index is 1090. The maximum Gasteiger partial charge on any atom is 0.292 e. The molecule has 29 heavy (non-hydrogen) atoms. The van der Waals surface area contributed by atoms with Crippen LogP contribution >= 0.6 is 11.3 Å². The zero-order valence-corrected chi connectivity index (χ0v) is 17.1. The van der Waals surface area contributed by atoms with Gasteiger partial charge in [-0.25, -0.2) is 0 Å². The number of carbonyl (C=O) groups excluding carboxylic acids is 1. The monoisotopic (exact) mass is 414 g/mol. The number of fused-ring (bicyclic) bond motifs is 2. The van der Waals surface area contributed by atoms with Gasteiger partial charge in [0.05, 0.1) is 23.4 Å². The van der Waals surface area contributed by atoms with Gasteiger partial charge in [-0.15, -0.1) is 0 Å². The van der Waals surface area contributed by atoms with Crippen molar-refractivity contribution in [3.63, 3.8) is 0 Å². The number of methoxy groups -OCH3 is 1. The summed E-state index contributed by atoms with van der Waals surface area (Å²) in [5.74, 6) is 1.61. The molecule has 7 nitrogen and oxygen atoms in total. The van der Waals surface area contributed by atoms with Crippen LogP contribution in [0.2, 0.25) is 0 Å². The average molecular weight is 414 g/mol. The molecule has 8 heteroatoms. The van der Waals surface area contributed by atoms with E-state index in [1.54, 1.807) is 13.2 Å². The average Bonchev–Trinajstić information content (AvgIpc) is 3.08. The Labute approximate surface area is 172 Å². The number of para-hydroxylation sites is 2. The first-order valence-corrected chi connectivity index (χ1v) is 10.2. The molecule has 1 unspecified atom stereocenters. The van der Waals surface area contributed by atoms with Gasteiger partial charge in [-0.3, -0.25) is 4.79 Å². The van der Waals surface area contributed by atoms with Gasteiger partial charge in [0.1, 0.15) is 12.4 Å². The molecule has 0 aliphatic carbocycles. The molecule has 0 saturated carbocycles. The molecule has 1 atom stereocenters. The summed E-state index contributed by atoms with van der Waals surface area (Å²) in [5, 5.41) is 0. The minimum atomic E-state index is -0.773. The van der Waals surface area contributed by atoms with Crippen LogP contribution in [-0.2, 0) is 16.1 Å². The Morgan fingerprint density at radius 3 is 2.90 bits per heavy atom. The van der Waals surface area contributed by atoms with Gasteiger partial charge in [0.25, 0.3) is 5.91 Å². The lowest BCUT2D eigenvalue weighted by molar-refractivity contribution is -0.127. The maximum absolute atomic E-state index is 12.8. The molecule has 152 valence electrons. The predicted octanol–water partition coefficient (Wildman–Crippen LogP) is 3.02. The molecule has 4 rings (SSSR count). The van der Waals surface area contributed by atoms with Crippen LogP contribution in [0.5, 0.6) is 17.2 Å². The highest BCUT2D eigenvalue weighted by Gasteiger charge is 2.27. The summed E-state index contributed by atoms with van der Waals surface area (Å²) in [6, 6.07) is 13.2. The van der Waals surface area contributed by atoms with E-state index in [-0.39, 0.29) is 12.5 Å². The number of aromatic nitrogens is 1. The van der Waals surface area contributed by atoms with Gasteiger partial charge in [0.15, 0.2) is 16.3 Å². The number of thiazole rings is 1. The summed E-state index contributed by atoms with van der Waals surface area (Å²) in [6.45, 7) is 3.77. The predicted molar refractivity (Wildman–Crippen MR) is 110 cm³/mol. The number of rotatable bonds is 6. The van der Waals surface area contributed by atoms with Gasteiger partial charge >= 0.3 is 0 Å². The van der Waals surface area contributed by atoms with Gasteiger partial charge in [-0.1, -0.05) is 23.5 Å². The number of nitrogens with zero attached hydrogens (tertiary/aromatic N) is 2. The second-order valence-electron chi connectivity index (χ2n) is 6.41. The van der Waals surface area contributed by atoms with E-state index in [1.807, 2.05) is 47.9 Å². The van der Waals surface area contributed by atoms with Gasteiger partial charge in [-0.05, 0) is 37.3 Å². The number of hydrogen-bond donors (Lipinski definition) is 0. The summed E-state index contributed by atoms with van der Waals surface area (Å²) < 4.78 is 25.2. The first-order valence-electron chi connectivity index (χ1n) is 9.41. The second kappa shape index (κ2) is 8.67. The molecule has 1 amide bonds. The third kappa shape index (κ3) is 4.13. The van der Waals surface area contributed by atoms with Crippen LogP contribution in [0.4, 0.5) is 0 Å². The SMILES string of the molecule is CCOc1ccc2c(c1)sc(=NC(=O)C1COc3ccccc3O1)n2CCOC. The van der Waals surface area contributed by atoms with Crippen molar-refractivity contribution in [1.29, 1.82) is 0 Å². The van der Waals surface area contributed by atoms with Crippen molar-refractivity contribution in [3.05, 3.63) is 47.3 Å². The second-order valence-corrected chi connectivity index (χ2v) is 7.41. The lowest BCUT2D eigenvalue weighted by Gasteiger charge is -2.23. The van der Waals surface area contributed by atoms with E-state index in [0.29, 0.717) is 36.1 Å². The fourth-order valence-electron chi connectivity index (χ4n) is 3.10. The van der Waals surface area contributed by atoms with Crippen LogP contribution < -0.4 is 19.0 Å². The Morgan fingerprint density at radius 2 is 2.10 bits per heavy atom. The molecule has 1 aromatic heterocycles. The first-order chi connectivity index (χ1) is 14.2. The summed E-state index contributed by atoms with van der Waals surface area (Å²) in [6.07, 6.45) is -0.773. The van der Waals surface area contributed by atoms with E-state index in [0.717, 1.165) is 16.0 Å². The third-order valence-corrected chi connectivity index (χ3v) is 5.52. The molecule has 0 radical (unpaired) electrons. The van der Waals surface area contributed by atoms with Gasteiger partial charge in [-0.2, -0.15) is 4.99 Å². The number of benzene rings is 2. The quantitative estimate of drug-likeness (QED) is 0.620. The Hall–Kier alpha value is -2.84. The molecule has 2 aromatic carbocycles. The van der Waals surface area contributed by atoms with Gasteiger partial charge < -0.3 is 23.5 Å². The van der Waals surface area contributed by atoms with Crippen LogP contribution in [0, 0.1) is 0 Å². The van der Waals surface area contributed by atoms with Gasteiger partial charge in [0.2, 0.25) is 6.10 Å². The highest BCUT2D eigenvalue weighted by atomic mass is 32.1. The van der Waals surface area contributed by atoms with Crippen molar-refractivity contribution in [2.45, 2.75) is 19.6 Å². The topological polar surface area (TPSA) is 71.3 Å². The smallest absolute Gasteiger partial charge is 0.292 e. The molecule has 0 spiro atoms. The maximum atomic E-state index is 12.8. The van der Waals surface area contributed by atoms with Crippen molar-refractivity contribution >= 4 is 27.5 Å². The van der Waals surface area contributed by atoms with E-state index in [9.17, 15) is 4.79 Å². The van der Waals surface area contributed by atoms with Gasteiger partial charge in [0, 0.05) is 13.7 Å². The summed E-state index contributed by atoms with van der Waals surface area (Å²) in [4.78, 5) is 17.8. The van der Waals surface area contributed by atoms with Crippen molar-refractivity contribution < 1.29 is 23.7 Å². The van der Waals surface area contributed by atoms with E-state index < -0.39 is 6.10 Å². The molecular weight excluding hydrogens is 392 g/mol. The first kappa shape index (κ1) is 19.5. The highest BCUT2D eigenvalue weighted by Crippen LogP contribution is 2.31. The fourth-order valence-corrected chi connectivity index (χ4v) is 4.19. The van der Waals surface area contributed by atoms with E-state index >= 15 is 0 Å². The Kier molecular flexibility index (Phi) is 5.82. The molecule has 0 bridgehead atoms. The number of carbonyl (C=O) groups is 1. The normalized spacial score (nSPS) is 16.2. The van der Waals surface area contributed by atoms with Crippen molar-refractivity contribution in [1.82, 2.24) is 4.57 Å². The van der Waals surface area contributed by atoms with Crippen LogP contribution in [0.15, 0.2) is 47.5 Å². The number of amides is 1. The third-order valence-electron chi connectivity index (χ3n) is 4.47. The minimum Gasteiger partial charge on any atom is -0.494 e. The van der Waals surface area contributed by atoms with Crippen molar-refractivity contribution in [3.8, 4) is 17.2 Å². The zero-order valence-electron chi connectivity index (χ0n) is 16.3. The van der Waals surface area contributed by atoms with E-state index in [4.69, 9.17) is 18.9 Å². The fraction of sp³-hybridized carbons (Fsp3) is 0.333. The standard InChI is InChI=1S/C21H22N2O5S/c1-3-26-14-8-9-15-19(12-14)29-21(23(15)10-11-25-2)22-20(24)18-13-27-16-6-4-5-7-17(16)28-18/h4-9,12,18H,3,10-11,13H2,1-2H3. The Balaban J connectivity index is 1.67. The molecule has 3 aromatic rings. The van der Waals surface area contributed by atoms with Crippen molar-refractivity contribution in [2.24, 2.45) is 4.99 Å². The number of ether oxygens (including phenoxy) is 4. The molecule has 1 aliphatic rings. The van der Waals surface area contributed by atoms with E-state index in [1.165, 1.54) is 11.3 Å². The summed E-state index contributed by atoms with van der Waals surface area (Å²) in [7, 11) is 1.65. The van der Waals surface area contributed by atoms with Crippen LogP contribution in [0.3, 0.4) is 0 Å². The lowest BCUT2D eigenvalue weighted by atomic mass is 10.2. The Morgan fingerprint density at radius 1 is 1.28 bits per heavy atom. The van der Waals surface area contributed by atoms with E-state index in [2.05, 4.69) is 4.99 Å². The molecule has 0 N–H and O–H groups in total. The summed E-state index contributed by atoms with van der Waals surface area (Å²) in [5.41, 5.74) is 0.980. The van der Waals surface area contributed by atoms with Crippen LogP contribution in [0.1, 0.15) is 6.92 Å². The van der Waals surface area contributed by atoms with Crippen LogP contribution in [-0.4, -0.2) is 43.5 Å². The molecule has 0 saturated heterocycles. The minimum absolute atomic E-state index is 0.136. The van der Waals surface area contributed by atoms with Crippen molar-refractivity contribution in [2.75, 3.05) is 26.9 Å². The highest BCUT2D eigenvalue weighted by molar-refractivity contribution is 7.16. The summed E-state index contributed by atoms with van der Waals surface area (Å²) >= 11 is 1.44. The largest absolute Gasteiger partial charge is 0.494 e. The molecular formula is C21H22N2O5S. The molecule has 2 heterocycles. The molecule has 0 fully saturated rings. The lowest BCUT2D eigenvalue weighted by Crippen LogP contribution is -2.37. The molecule has 1 aliphatic heterocycles. The van der Waals surface area contributed by atoms with Crippen LogP contribution in [0.25, 0.3) is 10.2 Å². The number of hydrogen-bond acceptors (Lipinski definition) is 6.